The van der Waals surface area contributed by atoms with Gasteiger partial charge in [-0.05, 0) is 56.2 Å². The van der Waals surface area contributed by atoms with Gasteiger partial charge in [-0.25, -0.2) is 21.1 Å². The Morgan fingerprint density at radius 2 is 1.55 bits per heavy atom. The molecule has 0 saturated carbocycles. The van der Waals surface area contributed by atoms with E-state index in [1.807, 2.05) is 31.2 Å². The fourth-order valence-corrected chi connectivity index (χ4v) is 5.82. The van der Waals surface area contributed by atoms with Gasteiger partial charge in [0.25, 0.3) is 0 Å². The first-order valence-corrected chi connectivity index (χ1v) is 12.8. The summed E-state index contributed by atoms with van der Waals surface area (Å²) in [4.78, 5) is 12.7. The number of sulfonamides is 2. The van der Waals surface area contributed by atoms with Crippen LogP contribution in [0.5, 0.6) is 0 Å². The van der Waals surface area contributed by atoms with Crippen LogP contribution in [0.1, 0.15) is 18.4 Å². The maximum absolute atomic E-state index is 13.1. The van der Waals surface area contributed by atoms with Crippen LogP contribution in [0.3, 0.4) is 0 Å². The van der Waals surface area contributed by atoms with E-state index in [1.54, 1.807) is 0 Å². The number of amides is 1. The molecule has 0 aliphatic carbocycles. The van der Waals surface area contributed by atoms with Crippen LogP contribution in [0, 0.1) is 12.8 Å². The number of nitrogens with zero attached hydrogens (tertiary/aromatic N) is 2. The van der Waals surface area contributed by atoms with E-state index >= 15 is 0 Å². The van der Waals surface area contributed by atoms with E-state index in [0.29, 0.717) is 25.1 Å². The zero-order valence-corrected chi connectivity index (χ0v) is 19.4. The van der Waals surface area contributed by atoms with Crippen LogP contribution in [0.4, 0.5) is 5.69 Å². The minimum atomic E-state index is -3.84. The van der Waals surface area contributed by atoms with E-state index in [1.165, 1.54) is 42.7 Å². The van der Waals surface area contributed by atoms with Crippen molar-refractivity contribution < 1.29 is 21.6 Å². The van der Waals surface area contributed by atoms with Crippen molar-refractivity contribution in [2.24, 2.45) is 5.92 Å². The predicted octanol–water partition coefficient (Wildman–Crippen LogP) is 2.28. The highest BCUT2D eigenvalue weighted by Gasteiger charge is 2.33. The van der Waals surface area contributed by atoms with Crippen LogP contribution >= 0.6 is 0 Å². The number of carbonyl (C=O) groups excluding carboxylic acids is 1. The summed E-state index contributed by atoms with van der Waals surface area (Å²) in [6, 6.07) is 12.6. The SMILES string of the molecule is Cc1ccc(NC(=O)[C@H]2CCCN(S(=O)(=O)c3ccc(S(=O)(=O)N(C)C)cc3)C2)cc1. The third kappa shape index (κ3) is 5.15. The first-order chi connectivity index (χ1) is 14.5. The lowest BCUT2D eigenvalue weighted by Crippen LogP contribution is -2.43. The first kappa shape index (κ1) is 23.4. The number of rotatable bonds is 6. The summed E-state index contributed by atoms with van der Waals surface area (Å²) in [6.07, 6.45) is 1.17. The van der Waals surface area contributed by atoms with Gasteiger partial charge in [-0.1, -0.05) is 17.7 Å². The van der Waals surface area contributed by atoms with Crippen molar-refractivity contribution >= 4 is 31.6 Å². The Balaban J connectivity index is 1.74. The molecule has 1 saturated heterocycles. The van der Waals surface area contributed by atoms with Gasteiger partial charge < -0.3 is 5.32 Å². The molecule has 0 spiro atoms. The summed E-state index contributed by atoms with van der Waals surface area (Å²) < 4.78 is 52.9. The molecule has 3 rings (SSSR count). The average molecular weight is 466 g/mol. The fourth-order valence-electron chi connectivity index (χ4n) is 3.40. The van der Waals surface area contributed by atoms with Crippen LogP contribution < -0.4 is 5.32 Å². The smallest absolute Gasteiger partial charge is 0.243 e. The summed E-state index contributed by atoms with van der Waals surface area (Å²) in [7, 11) is -4.66. The second kappa shape index (κ2) is 9.07. The molecular formula is C21H27N3O5S2. The van der Waals surface area contributed by atoms with E-state index in [2.05, 4.69) is 5.32 Å². The van der Waals surface area contributed by atoms with Gasteiger partial charge in [0.15, 0.2) is 0 Å². The third-order valence-electron chi connectivity index (χ3n) is 5.31. The van der Waals surface area contributed by atoms with Gasteiger partial charge in [-0.2, -0.15) is 4.31 Å². The summed E-state index contributed by atoms with van der Waals surface area (Å²) in [5.41, 5.74) is 1.76. The summed E-state index contributed by atoms with van der Waals surface area (Å²) >= 11 is 0. The number of aryl methyl sites for hydroxylation is 1. The molecule has 0 bridgehead atoms. The van der Waals surface area contributed by atoms with Crippen LogP contribution in [0.25, 0.3) is 0 Å². The van der Waals surface area contributed by atoms with Gasteiger partial charge in [0.05, 0.1) is 15.7 Å². The van der Waals surface area contributed by atoms with E-state index in [-0.39, 0.29) is 22.2 Å². The predicted molar refractivity (Wildman–Crippen MR) is 119 cm³/mol. The van der Waals surface area contributed by atoms with Gasteiger partial charge in [0.1, 0.15) is 0 Å². The first-order valence-electron chi connectivity index (χ1n) is 9.92. The molecule has 31 heavy (non-hydrogen) atoms. The Hall–Kier alpha value is -2.27. The molecule has 2 aromatic carbocycles. The molecule has 1 fully saturated rings. The molecule has 1 N–H and O–H groups in total. The highest BCUT2D eigenvalue weighted by Crippen LogP contribution is 2.26. The third-order valence-corrected chi connectivity index (χ3v) is 9.02. The lowest BCUT2D eigenvalue weighted by Gasteiger charge is -2.31. The van der Waals surface area contributed by atoms with Crippen molar-refractivity contribution in [3.63, 3.8) is 0 Å². The number of nitrogens with one attached hydrogen (secondary N) is 1. The molecule has 1 heterocycles. The van der Waals surface area contributed by atoms with Crippen molar-refractivity contribution in [1.29, 1.82) is 0 Å². The largest absolute Gasteiger partial charge is 0.326 e. The van der Waals surface area contributed by atoms with Crippen LogP contribution in [-0.2, 0) is 24.8 Å². The Bertz CT molecular complexity index is 1140. The molecule has 0 aromatic heterocycles. The molecular weight excluding hydrogens is 438 g/mol. The maximum atomic E-state index is 13.1. The number of benzene rings is 2. The molecule has 1 aliphatic rings. The Kier molecular flexibility index (Phi) is 6.85. The number of piperidine rings is 1. The summed E-state index contributed by atoms with van der Waals surface area (Å²) in [5.74, 6) is -0.672. The highest BCUT2D eigenvalue weighted by molar-refractivity contribution is 7.89. The van der Waals surface area contributed by atoms with Gasteiger partial charge in [0, 0.05) is 32.9 Å². The van der Waals surface area contributed by atoms with E-state index < -0.39 is 26.0 Å². The summed E-state index contributed by atoms with van der Waals surface area (Å²) in [5, 5.41) is 2.85. The molecule has 10 heteroatoms. The van der Waals surface area contributed by atoms with Crippen LogP contribution in [-0.4, -0.2) is 58.5 Å². The van der Waals surface area contributed by atoms with E-state index in [4.69, 9.17) is 0 Å². The number of anilines is 1. The van der Waals surface area contributed by atoms with Crippen molar-refractivity contribution in [1.82, 2.24) is 8.61 Å². The quantitative estimate of drug-likeness (QED) is 0.705. The lowest BCUT2D eigenvalue weighted by molar-refractivity contribution is -0.120. The van der Waals surface area contributed by atoms with Crippen molar-refractivity contribution in [2.45, 2.75) is 29.6 Å². The van der Waals surface area contributed by atoms with Gasteiger partial charge in [0.2, 0.25) is 26.0 Å². The highest BCUT2D eigenvalue weighted by atomic mass is 32.2. The number of carbonyl (C=O) groups is 1. The van der Waals surface area contributed by atoms with Gasteiger partial charge in [-0.15, -0.1) is 0 Å². The minimum absolute atomic E-state index is 0.00444. The van der Waals surface area contributed by atoms with Gasteiger partial charge in [-0.3, -0.25) is 4.79 Å². The lowest BCUT2D eigenvalue weighted by atomic mass is 9.98. The topological polar surface area (TPSA) is 104 Å². The molecule has 1 amide bonds. The minimum Gasteiger partial charge on any atom is -0.326 e. The molecule has 1 atom stereocenters. The van der Waals surface area contributed by atoms with Crippen LogP contribution in [0.2, 0.25) is 0 Å². The maximum Gasteiger partial charge on any atom is 0.243 e. The second-order valence-electron chi connectivity index (χ2n) is 7.82. The monoisotopic (exact) mass is 465 g/mol. The average Bonchev–Trinajstić information content (AvgIpc) is 2.75. The molecule has 2 aromatic rings. The Labute approximate surface area is 184 Å². The zero-order valence-electron chi connectivity index (χ0n) is 17.8. The Morgan fingerprint density at radius 3 is 2.13 bits per heavy atom. The summed E-state index contributed by atoms with van der Waals surface area (Å²) in [6.45, 7) is 2.35. The zero-order chi connectivity index (χ0) is 22.8. The fraction of sp³-hybridized carbons (Fsp3) is 0.381. The second-order valence-corrected chi connectivity index (χ2v) is 11.9. The van der Waals surface area contributed by atoms with Crippen molar-refractivity contribution in [2.75, 3.05) is 32.5 Å². The molecule has 0 unspecified atom stereocenters. The number of hydrogen-bond donors (Lipinski definition) is 1. The molecule has 8 nitrogen and oxygen atoms in total. The van der Waals surface area contributed by atoms with Crippen LogP contribution in [0.15, 0.2) is 58.3 Å². The molecule has 0 radical (unpaired) electrons. The molecule has 1 aliphatic heterocycles. The van der Waals surface area contributed by atoms with Crippen molar-refractivity contribution in [3.8, 4) is 0 Å². The van der Waals surface area contributed by atoms with Gasteiger partial charge >= 0.3 is 0 Å². The normalized spacial score (nSPS) is 18.1. The van der Waals surface area contributed by atoms with E-state index in [9.17, 15) is 21.6 Å². The molecule has 168 valence electrons. The van der Waals surface area contributed by atoms with E-state index in [0.717, 1.165) is 9.87 Å². The number of hydrogen-bond acceptors (Lipinski definition) is 5. The van der Waals surface area contributed by atoms with Crippen molar-refractivity contribution in [3.05, 3.63) is 54.1 Å². The Morgan fingerprint density at radius 1 is 0.968 bits per heavy atom. The standard InChI is InChI=1S/C21H27N3O5S2/c1-16-6-8-18(9-7-16)22-21(25)17-5-4-14-24(15-17)31(28,29)20-12-10-19(11-13-20)30(26,27)23(2)3/h6-13,17H,4-5,14-15H2,1-3H3,(H,22,25)/t17-/m0/s1.